The van der Waals surface area contributed by atoms with Crippen LogP contribution in [-0.4, -0.2) is 10.2 Å². The van der Waals surface area contributed by atoms with Crippen molar-refractivity contribution >= 4 is 22.7 Å². The number of benzene rings is 3. The molecule has 3 aromatic carbocycles. The van der Waals surface area contributed by atoms with Crippen molar-refractivity contribution in [3.05, 3.63) is 72.8 Å². The Kier molecular flexibility index (Phi) is 3.83. The summed E-state index contributed by atoms with van der Waals surface area (Å²) in [6.45, 7) is 0. The minimum absolute atomic E-state index is 0.244. The summed E-state index contributed by atoms with van der Waals surface area (Å²) in [6.07, 6.45) is 0. The third-order valence-electron chi connectivity index (χ3n) is 3.17. The van der Waals surface area contributed by atoms with E-state index in [1.807, 2.05) is 48.5 Å². The Labute approximate surface area is 128 Å². The second-order valence-electron chi connectivity index (χ2n) is 4.92. The van der Waals surface area contributed by atoms with Gasteiger partial charge in [0.1, 0.15) is 11.5 Å². The van der Waals surface area contributed by atoms with Crippen LogP contribution in [0.5, 0.6) is 11.5 Å². The molecule has 0 aliphatic carbocycles. The largest absolute Gasteiger partial charge is 0.508 e. The normalized spacial score (nSPS) is 10.2. The van der Waals surface area contributed by atoms with Gasteiger partial charge in [-0.3, -0.25) is 0 Å². The lowest BCUT2D eigenvalue weighted by Gasteiger charge is -2.10. The predicted octanol–water partition coefficient (Wildman–Crippen LogP) is 4.59. The van der Waals surface area contributed by atoms with Crippen molar-refractivity contribution in [2.24, 2.45) is 0 Å². The van der Waals surface area contributed by atoms with E-state index in [9.17, 15) is 10.2 Å². The molecular weight excluding hydrogens is 276 g/mol. The first-order valence-electron chi connectivity index (χ1n) is 6.91. The van der Waals surface area contributed by atoms with Gasteiger partial charge in [0.15, 0.2) is 0 Å². The summed E-state index contributed by atoms with van der Waals surface area (Å²) in [7, 11) is 0. The van der Waals surface area contributed by atoms with Gasteiger partial charge in [0.25, 0.3) is 0 Å². The highest BCUT2D eigenvalue weighted by atomic mass is 16.3. The van der Waals surface area contributed by atoms with E-state index in [2.05, 4.69) is 10.6 Å². The van der Waals surface area contributed by atoms with Crippen molar-refractivity contribution in [1.82, 2.24) is 0 Å². The quantitative estimate of drug-likeness (QED) is 0.531. The monoisotopic (exact) mass is 292 g/mol. The number of phenolic OH excluding ortho intramolecular Hbond substituents is 2. The number of nitrogens with one attached hydrogen (secondary N) is 2. The second-order valence-corrected chi connectivity index (χ2v) is 4.92. The standard InChI is InChI=1S/C18H16N2O2/c21-17-8-4-13(5-9-17)19-15-2-1-3-16(12-15)20-14-6-10-18(22)11-7-14/h1-12,19-22H. The third kappa shape index (κ3) is 3.49. The van der Waals surface area contributed by atoms with E-state index in [4.69, 9.17) is 0 Å². The van der Waals surface area contributed by atoms with Gasteiger partial charge in [-0.2, -0.15) is 0 Å². The van der Waals surface area contributed by atoms with E-state index >= 15 is 0 Å². The molecule has 0 aliphatic rings. The topological polar surface area (TPSA) is 64.5 Å². The van der Waals surface area contributed by atoms with E-state index in [-0.39, 0.29) is 11.5 Å². The van der Waals surface area contributed by atoms with Gasteiger partial charge in [0, 0.05) is 22.7 Å². The molecule has 0 fully saturated rings. The number of anilines is 4. The molecule has 22 heavy (non-hydrogen) atoms. The van der Waals surface area contributed by atoms with E-state index in [1.54, 1.807) is 24.3 Å². The summed E-state index contributed by atoms with van der Waals surface area (Å²) in [6, 6.07) is 21.7. The van der Waals surface area contributed by atoms with Crippen molar-refractivity contribution in [3.63, 3.8) is 0 Å². The van der Waals surface area contributed by atoms with E-state index in [0.717, 1.165) is 22.7 Å². The maximum Gasteiger partial charge on any atom is 0.115 e. The second kappa shape index (κ2) is 6.10. The van der Waals surface area contributed by atoms with Crippen LogP contribution in [0.25, 0.3) is 0 Å². The van der Waals surface area contributed by atoms with Crippen molar-refractivity contribution in [2.75, 3.05) is 10.6 Å². The molecule has 0 saturated carbocycles. The fourth-order valence-electron chi connectivity index (χ4n) is 2.10. The number of hydrogen-bond acceptors (Lipinski definition) is 4. The van der Waals surface area contributed by atoms with Crippen LogP contribution in [0.2, 0.25) is 0 Å². The Morgan fingerprint density at radius 1 is 0.500 bits per heavy atom. The lowest BCUT2D eigenvalue weighted by molar-refractivity contribution is 0.475. The molecule has 0 heterocycles. The van der Waals surface area contributed by atoms with Crippen LogP contribution in [-0.2, 0) is 0 Å². The zero-order valence-corrected chi connectivity index (χ0v) is 11.8. The molecule has 0 aliphatic heterocycles. The van der Waals surface area contributed by atoms with Gasteiger partial charge in [-0.05, 0) is 66.7 Å². The molecule has 4 N–H and O–H groups in total. The summed E-state index contributed by atoms with van der Waals surface area (Å²) in [4.78, 5) is 0. The third-order valence-corrected chi connectivity index (χ3v) is 3.17. The Morgan fingerprint density at radius 2 is 0.909 bits per heavy atom. The Morgan fingerprint density at radius 3 is 1.32 bits per heavy atom. The first-order chi connectivity index (χ1) is 10.7. The van der Waals surface area contributed by atoms with Crippen LogP contribution in [0.3, 0.4) is 0 Å². The van der Waals surface area contributed by atoms with E-state index in [1.165, 1.54) is 0 Å². The highest BCUT2D eigenvalue weighted by Crippen LogP contribution is 2.24. The van der Waals surface area contributed by atoms with Gasteiger partial charge in [0.2, 0.25) is 0 Å². The van der Waals surface area contributed by atoms with E-state index < -0.39 is 0 Å². The van der Waals surface area contributed by atoms with Crippen LogP contribution in [0, 0.1) is 0 Å². The molecular formula is C18H16N2O2. The van der Waals surface area contributed by atoms with Crippen molar-refractivity contribution in [1.29, 1.82) is 0 Å². The fourth-order valence-corrected chi connectivity index (χ4v) is 2.10. The van der Waals surface area contributed by atoms with Crippen LogP contribution in [0.4, 0.5) is 22.7 Å². The minimum Gasteiger partial charge on any atom is -0.508 e. The van der Waals surface area contributed by atoms with Crippen LogP contribution >= 0.6 is 0 Å². The number of hydrogen-bond donors (Lipinski definition) is 4. The highest BCUT2D eigenvalue weighted by molar-refractivity contribution is 5.68. The lowest BCUT2D eigenvalue weighted by atomic mass is 10.2. The van der Waals surface area contributed by atoms with E-state index in [0.29, 0.717) is 0 Å². The zero-order valence-electron chi connectivity index (χ0n) is 11.8. The average molecular weight is 292 g/mol. The van der Waals surface area contributed by atoms with Crippen LogP contribution in [0.1, 0.15) is 0 Å². The minimum atomic E-state index is 0.244. The van der Waals surface area contributed by atoms with Crippen molar-refractivity contribution in [2.45, 2.75) is 0 Å². The first-order valence-corrected chi connectivity index (χ1v) is 6.91. The van der Waals surface area contributed by atoms with Gasteiger partial charge >= 0.3 is 0 Å². The molecule has 0 unspecified atom stereocenters. The molecule has 0 bridgehead atoms. The molecule has 0 atom stereocenters. The molecule has 0 amide bonds. The average Bonchev–Trinajstić information content (AvgIpc) is 2.52. The summed E-state index contributed by atoms with van der Waals surface area (Å²) in [5.74, 6) is 0.488. The molecule has 0 saturated heterocycles. The maximum atomic E-state index is 9.29. The Balaban J connectivity index is 1.74. The molecule has 4 nitrogen and oxygen atoms in total. The molecule has 3 rings (SSSR count). The van der Waals surface area contributed by atoms with Crippen molar-refractivity contribution < 1.29 is 10.2 Å². The highest BCUT2D eigenvalue weighted by Gasteiger charge is 1.99. The van der Waals surface area contributed by atoms with Crippen LogP contribution in [0.15, 0.2) is 72.8 Å². The molecule has 4 heteroatoms. The molecule has 3 aromatic rings. The summed E-state index contributed by atoms with van der Waals surface area (Å²) in [5, 5.41) is 25.1. The summed E-state index contributed by atoms with van der Waals surface area (Å²) in [5.41, 5.74) is 3.68. The van der Waals surface area contributed by atoms with Gasteiger partial charge in [0.05, 0.1) is 0 Å². The van der Waals surface area contributed by atoms with Crippen LogP contribution < -0.4 is 10.6 Å². The number of rotatable bonds is 4. The van der Waals surface area contributed by atoms with Crippen molar-refractivity contribution in [3.8, 4) is 11.5 Å². The Bertz CT molecular complexity index is 690. The molecule has 0 spiro atoms. The first kappa shape index (κ1) is 13.8. The zero-order chi connectivity index (χ0) is 15.4. The molecule has 0 aromatic heterocycles. The van der Waals surface area contributed by atoms with Gasteiger partial charge in [-0.15, -0.1) is 0 Å². The molecule has 110 valence electrons. The SMILES string of the molecule is Oc1ccc(Nc2cccc(Nc3ccc(O)cc3)c2)cc1. The van der Waals surface area contributed by atoms with Gasteiger partial charge in [-0.25, -0.2) is 0 Å². The number of aromatic hydroxyl groups is 2. The number of phenols is 2. The Hall–Kier alpha value is -3.14. The summed E-state index contributed by atoms with van der Waals surface area (Å²) >= 11 is 0. The lowest BCUT2D eigenvalue weighted by Crippen LogP contribution is -1.93. The van der Waals surface area contributed by atoms with Gasteiger partial charge < -0.3 is 20.8 Å². The van der Waals surface area contributed by atoms with Gasteiger partial charge in [-0.1, -0.05) is 6.07 Å². The summed E-state index contributed by atoms with van der Waals surface area (Å²) < 4.78 is 0. The molecule has 0 radical (unpaired) electrons. The fraction of sp³-hybridized carbons (Fsp3) is 0. The smallest absolute Gasteiger partial charge is 0.115 e. The predicted molar refractivity (Wildman–Crippen MR) is 89.2 cm³/mol. The maximum absolute atomic E-state index is 9.29.